The second kappa shape index (κ2) is 9.42. The van der Waals surface area contributed by atoms with Crippen molar-refractivity contribution in [2.45, 2.75) is 20.4 Å². The van der Waals surface area contributed by atoms with Crippen LogP contribution in [0.3, 0.4) is 0 Å². The Morgan fingerprint density at radius 2 is 1.73 bits per heavy atom. The number of carbonyl (C=O) groups excluding carboxylic acids is 2. The van der Waals surface area contributed by atoms with E-state index >= 15 is 0 Å². The lowest BCUT2D eigenvalue weighted by molar-refractivity contribution is -0.118. The van der Waals surface area contributed by atoms with Crippen molar-refractivity contribution in [3.8, 4) is 5.75 Å². The zero-order chi connectivity index (χ0) is 18.9. The van der Waals surface area contributed by atoms with Gasteiger partial charge in [0.25, 0.3) is 5.91 Å². The Morgan fingerprint density at radius 3 is 2.31 bits per heavy atom. The predicted octanol–water partition coefficient (Wildman–Crippen LogP) is 3.78. The standard InChI is InChI=1S/C21H24N2O3/c1-4-13-26-19-11-7-17(8-12-19)21(25)22-14-16-5-9-18(10-6-16)23-20(24)15(2)3/h4-12,15H,1,13-14H2,2-3H3,(H,22,25)(H,23,24). The van der Waals surface area contributed by atoms with E-state index in [-0.39, 0.29) is 17.7 Å². The van der Waals surface area contributed by atoms with E-state index in [1.807, 2.05) is 38.1 Å². The monoisotopic (exact) mass is 352 g/mol. The molecular formula is C21H24N2O3. The number of hydrogen-bond acceptors (Lipinski definition) is 3. The Labute approximate surface area is 154 Å². The lowest BCUT2D eigenvalue weighted by Crippen LogP contribution is -2.22. The first-order chi connectivity index (χ1) is 12.5. The first-order valence-electron chi connectivity index (χ1n) is 8.51. The molecule has 2 rings (SSSR count). The van der Waals surface area contributed by atoms with Gasteiger partial charge in [0.05, 0.1) is 0 Å². The van der Waals surface area contributed by atoms with Crippen molar-refractivity contribution in [3.63, 3.8) is 0 Å². The average molecular weight is 352 g/mol. The molecule has 2 aromatic carbocycles. The molecule has 0 bridgehead atoms. The van der Waals surface area contributed by atoms with Crippen molar-refractivity contribution in [1.29, 1.82) is 0 Å². The first kappa shape index (κ1) is 19.2. The lowest BCUT2D eigenvalue weighted by Gasteiger charge is -2.09. The van der Waals surface area contributed by atoms with E-state index in [9.17, 15) is 9.59 Å². The minimum atomic E-state index is -0.155. The van der Waals surface area contributed by atoms with Gasteiger partial charge in [0.1, 0.15) is 12.4 Å². The molecule has 0 aromatic heterocycles. The number of nitrogens with one attached hydrogen (secondary N) is 2. The van der Waals surface area contributed by atoms with Gasteiger partial charge in [-0.25, -0.2) is 0 Å². The van der Waals surface area contributed by atoms with Crippen molar-refractivity contribution in [1.82, 2.24) is 5.32 Å². The summed E-state index contributed by atoms with van der Waals surface area (Å²) >= 11 is 0. The maximum Gasteiger partial charge on any atom is 0.251 e. The molecule has 5 nitrogen and oxygen atoms in total. The second-order valence-corrected chi connectivity index (χ2v) is 6.15. The maximum atomic E-state index is 12.2. The molecule has 2 aromatic rings. The number of benzene rings is 2. The summed E-state index contributed by atoms with van der Waals surface area (Å²) in [4.78, 5) is 23.9. The van der Waals surface area contributed by atoms with Crippen LogP contribution in [0.25, 0.3) is 0 Å². The number of amides is 2. The van der Waals surface area contributed by atoms with Crippen LogP contribution in [0.4, 0.5) is 5.69 Å². The number of rotatable bonds is 8. The first-order valence-corrected chi connectivity index (χ1v) is 8.51. The number of hydrogen-bond donors (Lipinski definition) is 2. The molecular weight excluding hydrogens is 328 g/mol. The second-order valence-electron chi connectivity index (χ2n) is 6.15. The number of ether oxygens (including phenoxy) is 1. The van der Waals surface area contributed by atoms with Crippen LogP contribution in [0.2, 0.25) is 0 Å². The molecule has 0 aliphatic rings. The van der Waals surface area contributed by atoms with Gasteiger partial charge in [0, 0.05) is 23.7 Å². The quantitative estimate of drug-likeness (QED) is 0.711. The highest BCUT2D eigenvalue weighted by molar-refractivity contribution is 5.94. The Kier molecular flexibility index (Phi) is 6.97. The Hall–Kier alpha value is -3.08. The molecule has 2 amide bonds. The normalized spacial score (nSPS) is 10.3. The van der Waals surface area contributed by atoms with Crippen molar-refractivity contribution in [3.05, 3.63) is 72.3 Å². The van der Waals surface area contributed by atoms with Gasteiger partial charge in [-0.15, -0.1) is 0 Å². The Balaban J connectivity index is 1.86. The van der Waals surface area contributed by atoms with Gasteiger partial charge in [-0.1, -0.05) is 38.6 Å². The summed E-state index contributed by atoms with van der Waals surface area (Å²) in [5, 5.41) is 5.71. The van der Waals surface area contributed by atoms with Crippen molar-refractivity contribution in [2.24, 2.45) is 5.92 Å². The summed E-state index contributed by atoms with van der Waals surface area (Å²) in [5.41, 5.74) is 2.26. The summed E-state index contributed by atoms with van der Waals surface area (Å²) in [6.07, 6.45) is 1.67. The van der Waals surface area contributed by atoms with E-state index in [4.69, 9.17) is 4.74 Å². The van der Waals surface area contributed by atoms with Crippen LogP contribution in [0, 0.1) is 5.92 Å². The van der Waals surface area contributed by atoms with Gasteiger partial charge < -0.3 is 15.4 Å². The third kappa shape index (κ3) is 5.77. The van der Waals surface area contributed by atoms with E-state index in [0.29, 0.717) is 24.5 Å². The molecule has 136 valence electrons. The minimum absolute atomic E-state index is 0.0217. The number of anilines is 1. The minimum Gasteiger partial charge on any atom is -0.490 e. The van der Waals surface area contributed by atoms with Crippen LogP contribution >= 0.6 is 0 Å². The van der Waals surface area contributed by atoms with Gasteiger partial charge in [0.2, 0.25) is 5.91 Å². The third-order valence-electron chi connectivity index (χ3n) is 3.68. The van der Waals surface area contributed by atoms with E-state index in [2.05, 4.69) is 17.2 Å². The maximum absolute atomic E-state index is 12.2. The average Bonchev–Trinajstić information content (AvgIpc) is 2.65. The van der Waals surface area contributed by atoms with Gasteiger partial charge in [0.15, 0.2) is 0 Å². The van der Waals surface area contributed by atoms with Crippen LogP contribution in [-0.4, -0.2) is 18.4 Å². The fraction of sp³-hybridized carbons (Fsp3) is 0.238. The van der Waals surface area contributed by atoms with E-state index < -0.39 is 0 Å². The molecule has 0 saturated heterocycles. The Bertz CT molecular complexity index is 750. The summed E-state index contributed by atoms with van der Waals surface area (Å²) in [5.74, 6) is 0.451. The Morgan fingerprint density at radius 1 is 1.08 bits per heavy atom. The largest absolute Gasteiger partial charge is 0.490 e. The zero-order valence-electron chi connectivity index (χ0n) is 15.1. The fourth-order valence-corrected chi connectivity index (χ4v) is 2.13. The zero-order valence-corrected chi connectivity index (χ0v) is 15.1. The summed E-state index contributed by atoms with van der Waals surface area (Å²) in [7, 11) is 0. The summed E-state index contributed by atoms with van der Waals surface area (Å²) in [6.45, 7) is 8.12. The van der Waals surface area contributed by atoms with Crippen molar-refractivity contribution >= 4 is 17.5 Å². The summed E-state index contributed by atoms with van der Waals surface area (Å²) < 4.78 is 5.39. The highest BCUT2D eigenvalue weighted by atomic mass is 16.5. The highest BCUT2D eigenvalue weighted by Gasteiger charge is 2.08. The van der Waals surface area contributed by atoms with Gasteiger partial charge in [-0.05, 0) is 42.0 Å². The predicted molar refractivity (Wildman–Crippen MR) is 103 cm³/mol. The smallest absolute Gasteiger partial charge is 0.251 e. The lowest BCUT2D eigenvalue weighted by atomic mass is 10.1. The molecule has 0 saturated carbocycles. The van der Waals surface area contributed by atoms with Gasteiger partial charge >= 0.3 is 0 Å². The molecule has 0 radical (unpaired) electrons. The van der Waals surface area contributed by atoms with Crippen LogP contribution in [0.1, 0.15) is 29.8 Å². The third-order valence-corrected chi connectivity index (χ3v) is 3.68. The van der Waals surface area contributed by atoms with Crippen LogP contribution in [-0.2, 0) is 11.3 Å². The van der Waals surface area contributed by atoms with Gasteiger partial charge in [-0.2, -0.15) is 0 Å². The van der Waals surface area contributed by atoms with E-state index in [1.165, 1.54) is 0 Å². The number of carbonyl (C=O) groups is 2. The van der Waals surface area contributed by atoms with Crippen LogP contribution < -0.4 is 15.4 Å². The molecule has 0 atom stereocenters. The molecule has 0 unspecified atom stereocenters. The molecule has 26 heavy (non-hydrogen) atoms. The van der Waals surface area contributed by atoms with Crippen molar-refractivity contribution < 1.29 is 14.3 Å². The van der Waals surface area contributed by atoms with Crippen LogP contribution in [0.5, 0.6) is 5.75 Å². The molecule has 0 aliphatic heterocycles. The van der Waals surface area contributed by atoms with Gasteiger partial charge in [-0.3, -0.25) is 9.59 Å². The van der Waals surface area contributed by atoms with E-state index in [1.54, 1.807) is 30.3 Å². The van der Waals surface area contributed by atoms with Crippen LogP contribution in [0.15, 0.2) is 61.2 Å². The van der Waals surface area contributed by atoms with E-state index in [0.717, 1.165) is 11.3 Å². The topological polar surface area (TPSA) is 67.4 Å². The SMILES string of the molecule is C=CCOc1ccc(C(=O)NCc2ccc(NC(=O)C(C)C)cc2)cc1. The molecule has 0 aliphatic carbocycles. The highest BCUT2D eigenvalue weighted by Crippen LogP contribution is 2.13. The molecule has 0 fully saturated rings. The molecule has 0 heterocycles. The molecule has 0 spiro atoms. The molecule has 2 N–H and O–H groups in total. The summed E-state index contributed by atoms with van der Waals surface area (Å²) in [6, 6.07) is 14.4. The van der Waals surface area contributed by atoms with Crippen molar-refractivity contribution in [2.75, 3.05) is 11.9 Å². The fourth-order valence-electron chi connectivity index (χ4n) is 2.13. The molecule has 5 heteroatoms.